The van der Waals surface area contributed by atoms with Gasteiger partial charge in [0.15, 0.2) is 0 Å². The van der Waals surface area contributed by atoms with E-state index in [0.717, 1.165) is 37.8 Å². The van der Waals surface area contributed by atoms with Crippen LogP contribution >= 0.6 is 0 Å². The minimum atomic E-state index is 0.701. The molecule has 0 amide bonds. The second kappa shape index (κ2) is 8.28. The largest absolute Gasteiger partial charge is 0.492 e. The molecule has 0 heterocycles. The Bertz CT molecular complexity index is 373. The Kier molecular flexibility index (Phi) is 6.34. The fourth-order valence-electron chi connectivity index (χ4n) is 2.63. The van der Waals surface area contributed by atoms with Crippen molar-refractivity contribution >= 4 is 0 Å². The average molecular weight is 276 g/mol. The third kappa shape index (κ3) is 4.80. The van der Waals surface area contributed by atoms with Crippen LogP contribution in [0.3, 0.4) is 0 Å². The van der Waals surface area contributed by atoms with Crippen LogP contribution in [0, 0.1) is 5.92 Å². The summed E-state index contributed by atoms with van der Waals surface area (Å²) >= 11 is 0. The summed E-state index contributed by atoms with van der Waals surface area (Å²) in [5, 5.41) is 0. The lowest BCUT2D eigenvalue weighted by Crippen LogP contribution is -2.35. The standard InChI is InChI=1S/C17H28N2O/c1-2-19(14-16-4-3-5-16)12-13-20-17-8-6-15(7-9-17)10-11-18/h6-9,16H,2-5,10-14,18H2,1H3. The van der Waals surface area contributed by atoms with Gasteiger partial charge in [-0.2, -0.15) is 0 Å². The van der Waals surface area contributed by atoms with Gasteiger partial charge >= 0.3 is 0 Å². The molecule has 1 fully saturated rings. The molecule has 0 aliphatic heterocycles. The van der Waals surface area contributed by atoms with Gasteiger partial charge in [-0.05, 0) is 56.0 Å². The lowest BCUT2D eigenvalue weighted by molar-refractivity contribution is 0.158. The summed E-state index contributed by atoms with van der Waals surface area (Å²) in [6, 6.07) is 8.31. The number of hydrogen-bond donors (Lipinski definition) is 1. The molecule has 3 nitrogen and oxygen atoms in total. The van der Waals surface area contributed by atoms with Crippen molar-refractivity contribution < 1.29 is 4.74 Å². The molecule has 1 aromatic rings. The molecule has 1 saturated carbocycles. The Morgan fingerprint density at radius 1 is 1.25 bits per heavy atom. The van der Waals surface area contributed by atoms with Crippen LogP contribution < -0.4 is 10.5 Å². The molecule has 1 aliphatic carbocycles. The zero-order valence-electron chi connectivity index (χ0n) is 12.7. The first kappa shape index (κ1) is 15.3. The maximum atomic E-state index is 5.83. The van der Waals surface area contributed by atoms with E-state index in [0.29, 0.717) is 6.54 Å². The zero-order chi connectivity index (χ0) is 14.2. The van der Waals surface area contributed by atoms with Crippen molar-refractivity contribution in [3.8, 4) is 5.75 Å². The fraction of sp³-hybridized carbons (Fsp3) is 0.647. The SMILES string of the molecule is CCN(CCOc1ccc(CCN)cc1)CC1CCC1. The second-order valence-electron chi connectivity index (χ2n) is 5.72. The van der Waals surface area contributed by atoms with E-state index < -0.39 is 0 Å². The van der Waals surface area contributed by atoms with Crippen molar-refractivity contribution in [2.24, 2.45) is 11.7 Å². The number of likely N-dealkylation sites (N-methyl/N-ethyl adjacent to an activating group) is 1. The number of rotatable bonds is 9. The van der Waals surface area contributed by atoms with Crippen LogP contribution in [0.25, 0.3) is 0 Å². The summed E-state index contributed by atoms with van der Waals surface area (Å²) in [5.74, 6) is 1.90. The molecule has 2 rings (SSSR count). The smallest absolute Gasteiger partial charge is 0.119 e. The highest BCUT2D eigenvalue weighted by atomic mass is 16.5. The average Bonchev–Trinajstić information content (AvgIpc) is 2.43. The van der Waals surface area contributed by atoms with E-state index in [-0.39, 0.29) is 0 Å². The van der Waals surface area contributed by atoms with E-state index in [1.807, 2.05) is 12.1 Å². The van der Waals surface area contributed by atoms with Crippen molar-refractivity contribution in [1.82, 2.24) is 4.90 Å². The fourth-order valence-corrected chi connectivity index (χ4v) is 2.63. The monoisotopic (exact) mass is 276 g/mol. The Balaban J connectivity index is 1.68. The summed E-state index contributed by atoms with van der Waals surface area (Å²) in [6.45, 7) is 7.10. The maximum absolute atomic E-state index is 5.83. The first-order chi connectivity index (χ1) is 9.81. The number of ether oxygens (including phenoxy) is 1. The number of nitrogens with zero attached hydrogens (tertiary/aromatic N) is 1. The second-order valence-corrected chi connectivity index (χ2v) is 5.72. The van der Waals surface area contributed by atoms with E-state index in [2.05, 4.69) is 24.0 Å². The van der Waals surface area contributed by atoms with Gasteiger partial charge in [0.05, 0.1) is 0 Å². The lowest BCUT2D eigenvalue weighted by Gasteiger charge is -2.31. The van der Waals surface area contributed by atoms with Crippen molar-refractivity contribution in [3.63, 3.8) is 0 Å². The van der Waals surface area contributed by atoms with E-state index in [1.165, 1.54) is 31.4 Å². The molecule has 0 spiro atoms. The summed E-state index contributed by atoms with van der Waals surface area (Å²) in [5.41, 5.74) is 6.82. The van der Waals surface area contributed by atoms with Gasteiger partial charge in [-0.1, -0.05) is 25.5 Å². The first-order valence-corrected chi connectivity index (χ1v) is 7.96. The molecule has 0 aromatic heterocycles. The molecule has 0 saturated heterocycles. The van der Waals surface area contributed by atoms with E-state index >= 15 is 0 Å². The summed E-state index contributed by atoms with van der Waals surface area (Å²) in [6.07, 6.45) is 5.19. The van der Waals surface area contributed by atoms with Crippen LogP contribution in [0.4, 0.5) is 0 Å². The number of benzene rings is 1. The van der Waals surface area contributed by atoms with E-state index in [4.69, 9.17) is 10.5 Å². The van der Waals surface area contributed by atoms with E-state index in [1.54, 1.807) is 0 Å². The van der Waals surface area contributed by atoms with Crippen LogP contribution in [0.5, 0.6) is 5.75 Å². The molecule has 0 radical (unpaired) electrons. The first-order valence-electron chi connectivity index (χ1n) is 7.96. The van der Waals surface area contributed by atoms with Crippen LogP contribution in [0.1, 0.15) is 31.7 Å². The molecule has 0 bridgehead atoms. The molecule has 2 N–H and O–H groups in total. The Morgan fingerprint density at radius 2 is 2.00 bits per heavy atom. The van der Waals surface area contributed by atoms with Crippen molar-refractivity contribution in [1.29, 1.82) is 0 Å². The summed E-state index contributed by atoms with van der Waals surface area (Å²) in [7, 11) is 0. The van der Waals surface area contributed by atoms with Crippen molar-refractivity contribution in [2.75, 3.05) is 32.8 Å². The van der Waals surface area contributed by atoms with Crippen molar-refractivity contribution in [3.05, 3.63) is 29.8 Å². The zero-order valence-corrected chi connectivity index (χ0v) is 12.7. The van der Waals surface area contributed by atoms with Crippen LogP contribution in [-0.4, -0.2) is 37.7 Å². The minimum Gasteiger partial charge on any atom is -0.492 e. The van der Waals surface area contributed by atoms with Crippen LogP contribution in [0.2, 0.25) is 0 Å². The highest BCUT2D eigenvalue weighted by Crippen LogP contribution is 2.26. The molecular formula is C17H28N2O. The number of nitrogens with two attached hydrogens (primary N) is 1. The predicted molar refractivity (Wildman–Crippen MR) is 84.2 cm³/mol. The van der Waals surface area contributed by atoms with Crippen molar-refractivity contribution in [2.45, 2.75) is 32.6 Å². The third-order valence-electron chi connectivity index (χ3n) is 4.22. The van der Waals surface area contributed by atoms with Gasteiger partial charge in [0.1, 0.15) is 12.4 Å². The van der Waals surface area contributed by atoms with Gasteiger partial charge in [-0.25, -0.2) is 0 Å². The van der Waals surface area contributed by atoms with Gasteiger partial charge in [0, 0.05) is 13.1 Å². The van der Waals surface area contributed by atoms with E-state index in [9.17, 15) is 0 Å². The Hall–Kier alpha value is -1.06. The number of hydrogen-bond acceptors (Lipinski definition) is 3. The van der Waals surface area contributed by atoms with Crippen LogP contribution in [-0.2, 0) is 6.42 Å². The van der Waals surface area contributed by atoms with Gasteiger partial charge in [-0.3, -0.25) is 4.90 Å². The lowest BCUT2D eigenvalue weighted by atomic mass is 9.85. The molecule has 20 heavy (non-hydrogen) atoms. The maximum Gasteiger partial charge on any atom is 0.119 e. The van der Waals surface area contributed by atoms with Gasteiger partial charge in [0.25, 0.3) is 0 Å². The summed E-state index contributed by atoms with van der Waals surface area (Å²) < 4.78 is 5.83. The normalized spacial score (nSPS) is 15.3. The predicted octanol–water partition coefficient (Wildman–Crippen LogP) is 2.69. The minimum absolute atomic E-state index is 0.701. The summed E-state index contributed by atoms with van der Waals surface area (Å²) in [4.78, 5) is 2.51. The molecular weight excluding hydrogens is 248 g/mol. The molecule has 3 heteroatoms. The Labute approximate surface area is 123 Å². The highest BCUT2D eigenvalue weighted by molar-refractivity contribution is 5.27. The highest BCUT2D eigenvalue weighted by Gasteiger charge is 2.19. The molecule has 0 atom stereocenters. The van der Waals surface area contributed by atoms with Crippen LogP contribution in [0.15, 0.2) is 24.3 Å². The van der Waals surface area contributed by atoms with Gasteiger partial charge in [0.2, 0.25) is 0 Å². The topological polar surface area (TPSA) is 38.5 Å². The van der Waals surface area contributed by atoms with Gasteiger partial charge in [-0.15, -0.1) is 0 Å². The Morgan fingerprint density at radius 3 is 2.55 bits per heavy atom. The van der Waals surface area contributed by atoms with Gasteiger partial charge < -0.3 is 10.5 Å². The third-order valence-corrected chi connectivity index (χ3v) is 4.22. The molecule has 1 aromatic carbocycles. The molecule has 112 valence electrons. The molecule has 0 unspecified atom stereocenters. The quantitative estimate of drug-likeness (QED) is 0.753. The molecule has 1 aliphatic rings.